The molecule has 0 aromatic rings. The molecule has 4 heteroatoms. The summed E-state index contributed by atoms with van der Waals surface area (Å²) in [6, 6.07) is 0. The number of hydrogen-bond acceptors (Lipinski definition) is 3. The molecule has 23 heavy (non-hydrogen) atoms. The Balaban J connectivity index is 2.96. The summed E-state index contributed by atoms with van der Waals surface area (Å²) in [6.45, 7) is 0.331. The monoisotopic (exact) mass is 346 g/mol. The minimum Gasteiger partial charge on any atom is -0.481 e. The van der Waals surface area contributed by atoms with Crippen molar-refractivity contribution in [1.29, 1.82) is 0 Å². The zero-order valence-electron chi connectivity index (χ0n) is 14.9. The van der Waals surface area contributed by atoms with E-state index in [2.05, 4.69) is 0 Å². The van der Waals surface area contributed by atoms with Gasteiger partial charge in [-0.3, -0.25) is 4.79 Å². The SMILES string of the molecule is O=C(O)CCCCCCCCCCCCCCCSCCCO. The van der Waals surface area contributed by atoms with E-state index in [0.717, 1.165) is 25.0 Å². The Morgan fingerprint density at radius 1 is 0.609 bits per heavy atom. The molecule has 0 radical (unpaired) electrons. The summed E-state index contributed by atoms with van der Waals surface area (Å²) in [4.78, 5) is 10.4. The van der Waals surface area contributed by atoms with E-state index in [0.29, 0.717) is 13.0 Å². The molecule has 0 spiro atoms. The summed E-state index contributed by atoms with van der Waals surface area (Å²) < 4.78 is 0. The maximum atomic E-state index is 10.4. The molecule has 3 nitrogen and oxygen atoms in total. The maximum Gasteiger partial charge on any atom is 0.303 e. The lowest BCUT2D eigenvalue weighted by molar-refractivity contribution is -0.137. The molecular weight excluding hydrogens is 308 g/mol. The Morgan fingerprint density at radius 2 is 1.00 bits per heavy atom. The summed E-state index contributed by atoms with van der Waals surface area (Å²) in [5.41, 5.74) is 0. The average molecular weight is 347 g/mol. The standard InChI is InChI=1S/C19H38O3S/c20-16-14-18-23-17-13-11-9-7-5-3-1-2-4-6-8-10-12-15-19(21)22/h20H,1-18H2,(H,21,22). The highest BCUT2D eigenvalue weighted by atomic mass is 32.2. The number of thioether (sulfide) groups is 1. The zero-order chi connectivity index (χ0) is 17.0. The lowest BCUT2D eigenvalue weighted by Gasteiger charge is -2.03. The number of hydrogen-bond donors (Lipinski definition) is 2. The van der Waals surface area contributed by atoms with Gasteiger partial charge in [-0.25, -0.2) is 0 Å². The van der Waals surface area contributed by atoms with E-state index in [1.807, 2.05) is 11.8 Å². The molecule has 0 bridgehead atoms. The number of aliphatic hydroxyl groups is 1. The van der Waals surface area contributed by atoms with Gasteiger partial charge < -0.3 is 10.2 Å². The number of unbranched alkanes of at least 4 members (excludes halogenated alkanes) is 12. The molecule has 0 unspecified atom stereocenters. The smallest absolute Gasteiger partial charge is 0.303 e. The van der Waals surface area contributed by atoms with E-state index in [1.54, 1.807) is 0 Å². The number of aliphatic hydroxyl groups excluding tert-OH is 1. The predicted octanol–water partition coefficient (Wildman–Crippen LogP) is 5.65. The van der Waals surface area contributed by atoms with Gasteiger partial charge in [-0.1, -0.05) is 70.6 Å². The van der Waals surface area contributed by atoms with Crippen LogP contribution in [-0.2, 0) is 4.79 Å². The summed E-state index contributed by atoms with van der Waals surface area (Å²) in [5.74, 6) is 1.70. The lowest BCUT2D eigenvalue weighted by Crippen LogP contribution is -1.93. The molecule has 0 aliphatic heterocycles. The topological polar surface area (TPSA) is 57.5 Å². The molecule has 0 saturated carbocycles. The Bertz CT molecular complexity index is 247. The van der Waals surface area contributed by atoms with Gasteiger partial charge in [0.15, 0.2) is 0 Å². The second-order valence-corrected chi connectivity index (χ2v) is 7.65. The van der Waals surface area contributed by atoms with Crippen molar-refractivity contribution in [1.82, 2.24) is 0 Å². The minimum absolute atomic E-state index is 0.331. The molecule has 0 aliphatic carbocycles. The molecule has 0 fully saturated rings. The van der Waals surface area contributed by atoms with Crippen molar-refractivity contribution in [2.75, 3.05) is 18.1 Å². The van der Waals surface area contributed by atoms with Crippen LogP contribution in [0.2, 0.25) is 0 Å². The second kappa shape index (κ2) is 19.8. The maximum absolute atomic E-state index is 10.4. The first-order valence-corrected chi connectivity index (χ1v) is 10.8. The first-order valence-electron chi connectivity index (χ1n) is 9.67. The van der Waals surface area contributed by atoms with Crippen LogP contribution < -0.4 is 0 Å². The van der Waals surface area contributed by atoms with Crippen molar-refractivity contribution < 1.29 is 15.0 Å². The highest BCUT2D eigenvalue weighted by molar-refractivity contribution is 7.99. The molecule has 0 saturated heterocycles. The normalized spacial score (nSPS) is 11.0. The van der Waals surface area contributed by atoms with Gasteiger partial charge >= 0.3 is 5.97 Å². The molecule has 0 aliphatic rings. The summed E-state index contributed by atoms with van der Waals surface area (Å²) in [6.07, 6.45) is 17.9. The Kier molecular flexibility index (Phi) is 19.6. The fourth-order valence-corrected chi connectivity index (χ4v) is 3.64. The zero-order valence-corrected chi connectivity index (χ0v) is 15.8. The van der Waals surface area contributed by atoms with Crippen LogP contribution in [0.1, 0.15) is 96.3 Å². The van der Waals surface area contributed by atoms with Crippen LogP contribution in [0.25, 0.3) is 0 Å². The van der Waals surface area contributed by atoms with Crippen LogP contribution >= 0.6 is 11.8 Å². The van der Waals surface area contributed by atoms with Crippen LogP contribution in [0.4, 0.5) is 0 Å². The van der Waals surface area contributed by atoms with Gasteiger partial charge in [0.2, 0.25) is 0 Å². The van der Waals surface area contributed by atoms with Crippen LogP contribution in [-0.4, -0.2) is 34.3 Å². The number of rotatable bonds is 19. The van der Waals surface area contributed by atoms with Crippen LogP contribution in [0, 0.1) is 0 Å². The Labute approximate surface area is 147 Å². The van der Waals surface area contributed by atoms with Gasteiger partial charge in [-0.2, -0.15) is 11.8 Å². The second-order valence-electron chi connectivity index (χ2n) is 6.43. The third kappa shape index (κ3) is 21.8. The van der Waals surface area contributed by atoms with E-state index in [9.17, 15) is 4.79 Å². The van der Waals surface area contributed by atoms with E-state index < -0.39 is 5.97 Å². The van der Waals surface area contributed by atoms with E-state index in [1.165, 1.54) is 76.4 Å². The number of carboxylic acid groups (broad SMARTS) is 1. The van der Waals surface area contributed by atoms with E-state index in [4.69, 9.17) is 10.2 Å². The van der Waals surface area contributed by atoms with Crippen molar-refractivity contribution in [3.05, 3.63) is 0 Å². The average Bonchev–Trinajstić information content (AvgIpc) is 2.53. The summed E-state index contributed by atoms with van der Waals surface area (Å²) in [7, 11) is 0. The van der Waals surface area contributed by atoms with Crippen molar-refractivity contribution in [2.24, 2.45) is 0 Å². The number of carboxylic acids is 1. The molecule has 138 valence electrons. The van der Waals surface area contributed by atoms with Gasteiger partial charge in [0.1, 0.15) is 0 Å². The quantitative estimate of drug-likeness (QED) is 0.297. The molecule has 0 aromatic heterocycles. The number of carbonyl (C=O) groups is 1. The molecule has 0 heterocycles. The van der Waals surface area contributed by atoms with Crippen LogP contribution in [0.3, 0.4) is 0 Å². The van der Waals surface area contributed by atoms with Gasteiger partial charge in [-0.05, 0) is 30.8 Å². The molecule has 0 rings (SSSR count). The summed E-state index contributed by atoms with van der Waals surface area (Å²) in [5, 5.41) is 17.2. The van der Waals surface area contributed by atoms with Gasteiger partial charge in [0.05, 0.1) is 0 Å². The Morgan fingerprint density at radius 3 is 1.43 bits per heavy atom. The van der Waals surface area contributed by atoms with E-state index in [-0.39, 0.29) is 0 Å². The fourth-order valence-electron chi connectivity index (χ4n) is 2.69. The first-order chi connectivity index (χ1) is 11.3. The third-order valence-electron chi connectivity index (χ3n) is 4.13. The van der Waals surface area contributed by atoms with Crippen molar-refractivity contribution >= 4 is 17.7 Å². The highest BCUT2D eigenvalue weighted by Gasteiger charge is 1.97. The van der Waals surface area contributed by atoms with Crippen molar-refractivity contribution in [3.8, 4) is 0 Å². The van der Waals surface area contributed by atoms with Crippen LogP contribution in [0.15, 0.2) is 0 Å². The Hall–Kier alpha value is -0.220. The van der Waals surface area contributed by atoms with Crippen LogP contribution in [0.5, 0.6) is 0 Å². The van der Waals surface area contributed by atoms with Crippen molar-refractivity contribution in [3.63, 3.8) is 0 Å². The highest BCUT2D eigenvalue weighted by Crippen LogP contribution is 2.14. The minimum atomic E-state index is -0.662. The largest absolute Gasteiger partial charge is 0.481 e. The molecule has 0 aromatic carbocycles. The summed E-state index contributed by atoms with van der Waals surface area (Å²) >= 11 is 1.97. The number of aliphatic carboxylic acids is 1. The molecular formula is C19H38O3S. The molecule has 0 atom stereocenters. The first kappa shape index (κ1) is 22.8. The molecule has 0 amide bonds. The van der Waals surface area contributed by atoms with E-state index >= 15 is 0 Å². The van der Waals surface area contributed by atoms with Gasteiger partial charge in [0, 0.05) is 13.0 Å². The third-order valence-corrected chi connectivity index (χ3v) is 5.28. The lowest BCUT2D eigenvalue weighted by atomic mass is 10.0. The predicted molar refractivity (Wildman–Crippen MR) is 101 cm³/mol. The van der Waals surface area contributed by atoms with Gasteiger partial charge in [0.25, 0.3) is 0 Å². The van der Waals surface area contributed by atoms with Gasteiger partial charge in [-0.15, -0.1) is 0 Å². The van der Waals surface area contributed by atoms with Crippen molar-refractivity contribution in [2.45, 2.75) is 96.3 Å². The molecule has 2 N–H and O–H groups in total. The fraction of sp³-hybridized carbons (Fsp3) is 0.947.